The molecular weight excluding hydrogens is 252 g/mol. The maximum Gasteiger partial charge on any atom is 0.319 e. The largest absolute Gasteiger partial charge is 0.388 e. The third-order valence-corrected chi connectivity index (χ3v) is 3.56. The monoisotopic (exact) mass is 268 g/mol. The van der Waals surface area contributed by atoms with E-state index in [0.29, 0.717) is 10.7 Å². The summed E-state index contributed by atoms with van der Waals surface area (Å²) in [6.07, 6.45) is 3.54. The molecule has 3 N–H and O–H groups in total. The Morgan fingerprint density at radius 2 is 2.00 bits per heavy atom. The summed E-state index contributed by atoms with van der Waals surface area (Å²) in [5.41, 5.74) is -0.173. The first-order chi connectivity index (χ1) is 8.59. The van der Waals surface area contributed by atoms with Crippen LogP contribution in [-0.4, -0.2) is 23.3 Å². The smallest absolute Gasteiger partial charge is 0.319 e. The van der Waals surface area contributed by atoms with Gasteiger partial charge in [-0.05, 0) is 25.0 Å². The van der Waals surface area contributed by atoms with Crippen LogP contribution in [0.2, 0.25) is 5.02 Å². The Balaban J connectivity index is 1.84. The quantitative estimate of drug-likeness (QED) is 0.789. The van der Waals surface area contributed by atoms with Crippen molar-refractivity contribution in [2.45, 2.75) is 31.3 Å². The second kappa shape index (κ2) is 5.59. The van der Waals surface area contributed by atoms with Gasteiger partial charge in [0.1, 0.15) is 0 Å². The van der Waals surface area contributed by atoms with Gasteiger partial charge >= 0.3 is 6.03 Å². The van der Waals surface area contributed by atoms with Crippen LogP contribution < -0.4 is 10.6 Å². The molecule has 2 amide bonds. The Bertz CT molecular complexity index is 431. The molecule has 5 heteroatoms. The number of carbonyl (C=O) groups is 1. The van der Waals surface area contributed by atoms with E-state index in [1.807, 2.05) is 0 Å². The highest BCUT2D eigenvalue weighted by Gasteiger charge is 2.31. The molecule has 0 spiro atoms. The minimum atomic E-state index is -0.738. The number of para-hydroxylation sites is 1. The molecule has 1 aliphatic rings. The first-order valence-electron chi connectivity index (χ1n) is 6.11. The molecule has 1 aliphatic carbocycles. The van der Waals surface area contributed by atoms with Gasteiger partial charge in [-0.1, -0.05) is 36.6 Å². The number of rotatable bonds is 3. The molecule has 2 rings (SSSR count). The van der Waals surface area contributed by atoms with Crippen molar-refractivity contribution in [2.75, 3.05) is 11.9 Å². The molecule has 1 saturated carbocycles. The molecule has 18 heavy (non-hydrogen) atoms. The number of anilines is 1. The average molecular weight is 269 g/mol. The number of halogens is 1. The van der Waals surface area contributed by atoms with Crippen LogP contribution in [0.4, 0.5) is 10.5 Å². The van der Waals surface area contributed by atoms with Gasteiger partial charge < -0.3 is 15.7 Å². The minimum absolute atomic E-state index is 0.281. The molecule has 0 radical (unpaired) electrons. The van der Waals surface area contributed by atoms with Crippen molar-refractivity contribution in [3.05, 3.63) is 29.3 Å². The Hall–Kier alpha value is -1.26. The van der Waals surface area contributed by atoms with Crippen molar-refractivity contribution in [1.82, 2.24) is 5.32 Å². The van der Waals surface area contributed by atoms with Crippen LogP contribution in [-0.2, 0) is 0 Å². The van der Waals surface area contributed by atoms with Crippen molar-refractivity contribution in [3.63, 3.8) is 0 Å². The molecule has 4 nitrogen and oxygen atoms in total. The molecule has 0 unspecified atom stereocenters. The normalized spacial score (nSPS) is 17.4. The van der Waals surface area contributed by atoms with Gasteiger partial charge in [0.05, 0.1) is 16.3 Å². The number of urea groups is 1. The van der Waals surface area contributed by atoms with Gasteiger partial charge in [0, 0.05) is 6.54 Å². The van der Waals surface area contributed by atoms with E-state index in [-0.39, 0.29) is 12.6 Å². The molecule has 1 fully saturated rings. The maximum atomic E-state index is 11.7. The van der Waals surface area contributed by atoms with Gasteiger partial charge in [-0.3, -0.25) is 0 Å². The fourth-order valence-corrected chi connectivity index (χ4v) is 2.37. The van der Waals surface area contributed by atoms with E-state index in [1.54, 1.807) is 24.3 Å². The zero-order chi connectivity index (χ0) is 13.0. The van der Waals surface area contributed by atoms with Gasteiger partial charge in [-0.25, -0.2) is 4.79 Å². The lowest BCUT2D eigenvalue weighted by molar-refractivity contribution is 0.0506. The standard InChI is InChI=1S/C13H17ClN2O2/c14-10-5-1-2-6-11(10)16-12(17)15-9-13(18)7-3-4-8-13/h1-2,5-6,18H,3-4,7-9H2,(H2,15,16,17). The van der Waals surface area contributed by atoms with Crippen molar-refractivity contribution in [2.24, 2.45) is 0 Å². The SMILES string of the molecule is O=C(NCC1(O)CCCC1)Nc1ccccc1Cl. The zero-order valence-electron chi connectivity index (χ0n) is 10.1. The lowest BCUT2D eigenvalue weighted by Crippen LogP contribution is -2.42. The van der Waals surface area contributed by atoms with Crippen molar-refractivity contribution >= 4 is 23.3 Å². The maximum absolute atomic E-state index is 11.7. The lowest BCUT2D eigenvalue weighted by atomic mass is 10.0. The van der Waals surface area contributed by atoms with E-state index in [0.717, 1.165) is 25.7 Å². The summed E-state index contributed by atoms with van der Waals surface area (Å²) in [6.45, 7) is 0.281. The summed E-state index contributed by atoms with van der Waals surface area (Å²) in [4.78, 5) is 11.7. The van der Waals surface area contributed by atoms with Crippen LogP contribution in [0.3, 0.4) is 0 Å². The van der Waals surface area contributed by atoms with E-state index in [9.17, 15) is 9.90 Å². The van der Waals surface area contributed by atoms with Crippen LogP contribution in [0, 0.1) is 0 Å². The topological polar surface area (TPSA) is 61.4 Å². The summed E-state index contributed by atoms with van der Waals surface area (Å²) in [6, 6.07) is 6.69. The highest BCUT2D eigenvalue weighted by atomic mass is 35.5. The number of nitrogens with one attached hydrogen (secondary N) is 2. The summed E-state index contributed by atoms with van der Waals surface area (Å²) in [7, 11) is 0. The number of benzene rings is 1. The molecule has 0 aliphatic heterocycles. The van der Waals surface area contributed by atoms with E-state index in [1.165, 1.54) is 0 Å². The molecule has 0 aromatic heterocycles. The first-order valence-corrected chi connectivity index (χ1v) is 6.49. The summed E-state index contributed by atoms with van der Waals surface area (Å²) >= 11 is 5.93. The highest BCUT2D eigenvalue weighted by Crippen LogP contribution is 2.28. The molecule has 1 aromatic carbocycles. The third kappa shape index (κ3) is 3.37. The van der Waals surface area contributed by atoms with Crippen molar-refractivity contribution in [1.29, 1.82) is 0 Å². The van der Waals surface area contributed by atoms with Crippen molar-refractivity contribution < 1.29 is 9.90 Å². The van der Waals surface area contributed by atoms with Crippen molar-refractivity contribution in [3.8, 4) is 0 Å². The van der Waals surface area contributed by atoms with Gasteiger partial charge in [0.25, 0.3) is 0 Å². The number of amides is 2. The van der Waals surface area contributed by atoms with E-state index in [4.69, 9.17) is 11.6 Å². The van der Waals surface area contributed by atoms with Crippen LogP contribution in [0.5, 0.6) is 0 Å². The number of carbonyl (C=O) groups excluding carboxylic acids is 1. The molecule has 0 heterocycles. The van der Waals surface area contributed by atoms with Gasteiger partial charge in [0.2, 0.25) is 0 Å². The Morgan fingerprint density at radius 1 is 1.33 bits per heavy atom. The zero-order valence-corrected chi connectivity index (χ0v) is 10.8. The minimum Gasteiger partial charge on any atom is -0.388 e. The molecular formula is C13H17ClN2O2. The van der Waals surface area contributed by atoms with Crippen LogP contribution in [0.25, 0.3) is 0 Å². The van der Waals surface area contributed by atoms with Crippen LogP contribution >= 0.6 is 11.6 Å². The van der Waals surface area contributed by atoms with E-state index < -0.39 is 5.60 Å². The second-order valence-electron chi connectivity index (χ2n) is 4.72. The predicted octanol–water partition coefficient (Wildman–Crippen LogP) is 2.77. The predicted molar refractivity (Wildman–Crippen MR) is 71.9 cm³/mol. The summed E-state index contributed by atoms with van der Waals surface area (Å²) in [5, 5.41) is 15.9. The molecule has 98 valence electrons. The number of hydrogen-bond acceptors (Lipinski definition) is 2. The summed E-state index contributed by atoms with van der Waals surface area (Å²) in [5.74, 6) is 0. The van der Waals surface area contributed by atoms with Crippen LogP contribution in [0.15, 0.2) is 24.3 Å². The van der Waals surface area contributed by atoms with E-state index >= 15 is 0 Å². The molecule has 0 saturated heterocycles. The Kier molecular flexibility index (Phi) is 4.09. The highest BCUT2D eigenvalue weighted by molar-refractivity contribution is 6.33. The van der Waals surface area contributed by atoms with Gasteiger partial charge in [-0.2, -0.15) is 0 Å². The average Bonchev–Trinajstić information content (AvgIpc) is 2.77. The third-order valence-electron chi connectivity index (χ3n) is 3.23. The van der Waals surface area contributed by atoms with Gasteiger partial charge in [0.15, 0.2) is 0 Å². The second-order valence-corrected chi connectivity index (χ2v) is 5.13. The number of aliphatic hydroxyl groups is 1. The lowest BCUT2D eigenvalue weighted by Gasteiger charge is -2.22. The Labute approximate surface area is 111 Å². The first kappa shape index (κ1) is 13.2. The molecule has 0 atom stereocenters. The number of hydrogen-bond donors (Lipinski definition) is 3. The fraction of sp³-hybridized carbons (Fsp3) is 0.462. The van der Waals surface area contributed by atoms with Crippen LogP contribution in [0.1, 0.15) is 25.7 Å². The van der Waals surface area contributed by atoms with Gasteiger partial charge in [-0.15, -0.1) is 0 Å². The molecule has 0 bridgehead atoms. The fourth-order valence-electron chi connectivity index (χ4n) is 2.18. The Morgan fingerprint density at radius 3 is 2.67 bits per heavy atom. The summed E-state index contributed by atoms with van der Waals surface area (Å²) < 4.78 is 0. The molecule has 1 aromatic rings. The van der Waals surface area contributed by atoms with E-state index in [2.05, 4.69) is 10.6 Å².